The number of pyridine rings is 1. The monoisotopic (exact) mass is 390 g/mol. The number of benzene rings is 1. The Hall–Kier alpha value is -3.27. The molecule has 4 rings (SSSR count). The van der Waals surface area contributed by atoms with Crippen molar-refractivity contribution in [2.45, 2.75) is 38.6 Å². The van der Waals surface area contributed by atoms with Gasteiger partial charge in [0.25, 0.3) is 0 Å². The predicted octanol–water partition coefficient (Wildman–Crippen LogP) is 4.32. The number of halogens is 1. The standard InChI is InChI=1S/C22H23FN6/c1-15(2)29-14-26-27-22(29)16-8-10-28(11-9-16)21-17(12-24)4-3-5-19(21)18-6-7-20(23)25-13-18/h3-7,13-16H,8-11H2,1-2H3. The number of aromatic nitrogens is 4. The first kappa shape index (κ1) is 19.1. The molecule has 0 atom stereocenters. The maximum absolute atomic E-state index is 13.3. The smallest absolute Gasteiger partial charge is 0.212 e. The molecule has 0 bridgehead atoms. The Labute approximate surface area is 169 Å². The molecule has 1 saturated heterocycles. The first-order chi connectivity index (χ1) is 14.1. The third-order valence-corrected chi connectivity index (χ3v) is 5.53. The van der Waals surface area contributed by atoms with Crippen LogP contribution in [0.25, 0.3) is 11.1 Å². The molecule has 1 aliphatic rings. The largest absolute Gasteiger partial charge is 0.370 e. The minimum atomic E-state index is -0.512. The summed E-state index contributed by atoms with van der Waals surface area (Å²) < 4.78 is 15.4. The van der Waals surface area contributed by atoms with Crippen LogP contribution in [0.2, 0.25) is 0 Å². The Bertz CT molecular complexity index is 1030. The summed E-state index contributed by atoms with van der Waals surface area (Å²) in [4.78, 5) is 6.04. The van der Waals surface area contributed by atoms with Crippen molar-refractivity contribution in [3.8, 4) is 17.2 Å². The first-order valence-corrected chi connectivity index (χ1v) is 9.88. The van der Waals surface area contributed by atoms with E-state index in [4.69, 9.17) is 0 Å². The third kappa shape index (κ3) is 3.70. The van der Waals surface area contributed by atoms with E-state index in [1.54, 1.807) is 12.4 Å². The molecule has 6 nitrogen and oxygen atoms in total. The van der Waals surface area contributed by atoms with Crippen LogP contribution in [0.15, 0.2) is 42.9 Å². The second-order valence-corrected chi connectivity index (χ2v) is 7.63. The third-order valence-electron chi connectivity index (χ3n) is 5.53. The fourth-order valence-electron chi connectivity index (χ4n) is 4.05. The van der Waals surface area contributed by atoms with Gasteiger partial charge in [0.1, 0.15) is 18.2 Å². The minimum Gasteiger partial charge on any atom is -0.370 e. The molecule has 3 heterocycles. The Morgan fingerprint density at radius 1 is 1.17 bits per heavy atom. The zero-order valence-corrected chi connectivity index (χ0v) is 16.6. The molecule has 0 amide bonds. The number of hydrogen-bond acceptors (Lipinski definition) is 5. The molecule has 29 heavy (non-hydrogen) atoms. The lowest BCUT2D eigenvalue weighted by Crippen LogP contribution is -2.34. The van der Waals surface area contributed by atoms with E-state index in [9.17, 15) is 9.65 Å². The predicted molar refractivity (Wildman–Crippen MR) is 109 cm³/mol. The van der Waals surface area contributed by atoms with Gasteiger partial charge in [0.05, 0.1) is 11.3 Å². The summed E-state index contributed by atoms with van der Waals surface area (Å²) in [7, 11) is 0. The van der Waals surface area contributed by atoms with Crippen LogP contribution in [-0.4, -0.2) is 32.8 Å². The summed E-state index contributed by atoms with van der Waals surface area (Å²) in [6.07, 6.45) is 5.20. The number of nitriles is 1. The Kier molecular flexibility index (Phi) is 5.26. The second-order valence-electron chi connectivity index (χ2n) is 7.63. The zero-order chi connectivity index (χ0) is 20.4. The summed E-state index contributed by atoms with van der Waals surface area (Å²) in [5.74, 6) is 0.874. The van der Waals surface area contributed by atoms with E-state index in [0.29, 0.717) is 17.5 Å². The molecule has 1 fully saturated rings. The van der Waals surface area contributed by atoms with E-state index in [1.807, 2.05) is 18.2 Å². The fraction of sp³-hybridized carbons (Fsp3) is 0.364. The first-order valence-electron chi connectivity index (χ1n) is 9.88. The number of hydrogen-bond donors (Lipinski definition) is 0. The van der Waals surface area contributed by atoms with E-state index >= 15 is 0 Å². The highest BCUT2D eigenvalue weighted by Gasteiger charge is 2.27. The molecule has 0 radical (unpaired) electrons. The van der Waals surface area contributed by atoms with Crippen molar-refractivity contribution in [1.82, 2.24) is 19.7 Å². The van der Waals surface area contributed by atoms with Gasteiger partial charge in [-0.3, -0.25) is 0 Å². The van der Waals surface area contributed by atoms with Crippen LogP contribution in [-0.2, 0) is 0 Å². The normalized spacial score (nSPS) is 14.9. The number of rotatable bonds is 4. The lowest BCUT2D eigenvalue weighted by molar-refractivity contribution is 0.449. The van der Waals surface area contributed by atoms with Crippen LogP contribution < -0.4 is 4.90 Å². The van der Waals surface area contributed by atoms with Gasteiger partial charge < -0.3 is 9.47 Å². The quantitative estimate of drug-likeness (QED) is 0.621. The van der Waals surface area contributed by atoms with Crippen LogP contribution in [0.3, 0.4) is 0 Å². The average molecular weight is 390 g/mol. The zero-order valence-electron chi connectivity index (χ0n) is 16.6. The Morgan fingerprint density at radius 2 is 1.97 bits per heavy atom. The number of nitrogens with zero attached hydrogens (tertiary/aromatic N) is 6. The molecular formula is C22H23FN6. The van der Waals surface area contributed by atoms with Crippen molar-refractivity contribution in [3.63, 3.8) is 0 Å². The van der Waals surface area contributed by atoms with E-state index in [-0.39, 0.29) is 0 Å². The molecule has 7 heteroatoms. The molecule has 2 aromatic heterocycles. The highest BCUT2D eigenvalue weighted by atomic mass is 19.1. The molecule has 3 aromatic rings. The van der Waals surface area contributed by atoms with Crippen molar-refractivity contribution in [2.75, 3.05) is 18.0 Å². The number of para-hydroxylation sites is 1. The molecule has 0 spiro atoms. The summed E-state index contributed by atoms with van der Waals surface area (Å²) in [6, 6.07) is 11.4. The van der Waals surface area contributed by atoms with Crippen molar-refractivity contribution in [2.24, 2.45) is 0 Å². The van der Waals surface area contributed by atoms with Crippen molar-refractivity contribution in [1.29, 1.82) is 5.26 Å². The molecule has 0 N–H and O–H groups in total. The molecule has 0 aliphatic carbocycles. The van der Waals surface area contributed by atoms with Crippen LogP contribution in [0.4, 0.5) is 10.1 Å². The molecule has 0 saturated carbocycles. The molecule has 148 valence electrons. The maximum Gasteiger partial charge on any atom is 0.212 e. The highest BCUT2D eigenvalue weighted by molar-refractivity contribution is 5.82. The van der Waals surface area contributed by atoms with Crippen molar-refractivity contribution >= 4 is 5.69 Å². The summed E-state index contributed by atoms with van der Waals surface area (Å²) in [5, 5.41) is 18.2. The summed E-state index contributed by atoms with van der Waals surface area (Å²) in [6.45, 7) is 5.90. The number of anilines is 1. The lowest BCUT2D eigenvalue weighted by atomic mass is 9.93. The Balaban J connectivity index is 1.62. The fourth-order valence-corrected chi connectivity index (χ4v) is 4.05. The maximum atomic E-state index is 13.3. The van der Waals surface area contributed by atoms with Crippen LogP contribution >= 0.6 is 0 Å². The second kappa shape index (κ2) is 8.00. The lowest BCUT2D eigenvalue weighted by Gasteiger charge is -2.35. The average Bonchev–Trinajstić information content (AvgIpc) is 3.24. The van der Waals surface area contributed by atoms with Gasteiger partial charge in [-0.05, 0) is 44.9 Å². The van der Waals surface area contributed by atoms with E-state index in [0.717, 1.165) is 48.6 Å². The van der Waals surface area contributed by atoms with E-state index in [1.165, 1.54) is 12.3 Å². The van der Waals surface area contributed by atoms with Gasteiger partial charge in [0.2, 0.25) is 5.95 Å². The van der Waals surface area contributed by atoms with Crippen molar-refractivity contribution < 1.29 is 4.39 Å². The van der Waals surface area contributed by atoms with Gasteiger partial charge in [-0.1, -0.05) is 12.1 Å². The van der Waals surface area contributed by atoms with Gasteiger partial charge in [-0.25, -0.2) is 4.98 Å². The molecular weight excluding hydrogens is 367 g/mol. The van der Waals surface area contributed by atoms with Gasteiger partial charge in [-0.2, -0.15) is 9.65 Å². The molecule has 1 aliphatic heterocycles. The van der Waals surface area contributed by atoms with Crippen LogP contribution in [0.1, 0.15) is 50.0 Å². The highest BCUT2D eigenvalue weighted by Crippen LogP contribution is 2.37. The molecule has 1 aromatic carbocycles. The van der Waals surface area contributed by atoms with Gasteiger partial charge in [0, 0.05) is 42.4 Å². The topological polar surface area (TPSA) is 70.6 Å². The number of piperidine rings is 1. The van der Waals surface area contributed by atoms with Gasteiger partial charge in [-0.15, -0.1) is 10.2 Å². The summed E-state index contributed by atoms with van der Waals surface area (Å²) in [5.41, 5.74) is 3.23. The Morgan fingerprint density at radius 3 is 2.62 bits per heavy atom. The van der Waals surface area contributed by atoms with Crippen LogP contribution in [0.5, 0.6) is 0 Å². The van der Waals surface area contributed by atoms with Crippen LogP contribution in [0, 0.1) is 17.3 Å². The van der Waals surface area contributed by atoms with Gasteiger partial charge >= 0.3 is 0 Å². The molecule has 0 unspecified atom stereocenters. The minimum absolute atomic E-state index is 0.329. The van der Waals surface area contributed by atoms with Crippen molar-refractivity contribution in [3.05, 3.63) is 60.2 Å². The van der Waals surface area contributed by atoms with E-state index in [2.05, 4.69) is 44.6 Å². The van der Waals surface area contributed by atoms with E-state index < -0.39 is 5.95 Å². The SMILES string of the molecule is CC(C)n1cnnc1C1CCN(c2c(C#N)cccc2-c2ccc(F)nc2)CC1. The van der Waals surface area contributed by atoms with Gasteiger partial charge in [0.15, 0.2) is 0 Å². The summed E-state index contributed by atoms with van der Waals surface area (Å²) >= 11 is 0.